The van der Waals surface area contributed by atoms with Crippen LogP contribution in [0.5, 0.6) is 11.5 Å². The lowest BCUT2D eigenvalue weighted by molar-refractivity contribution is -0.274. The molecule has 2 N–H and O–H groups in total. The molecule has 2 aromatic carbocycles. The van der Waals surface area contributed by atoms with Crippen LogP contribution in [0.2, 0.25) is 0 Å². The molecule has 41 heavy (non-hydrogen) atoms. The smallest absolute Gasteiger partial charge is 0.497 e. The largest absolute Gasteiger partial charge is 0.573 e. The third-order valence-corrected chi connectivity index (χ3v) is 8.57. The first-order chi connectivity index (χ1) is 19.6. The van der Waals surface area contributed by atoms with Crippen LogP contribution in [0, 0.1) is 11.8 Å². The molecule has 4 rings (SSSR count). The Morgan fingerprint density at radius 3 is 2.76 bits per heavy atom. The first-order valence-electron chi connectivity index (χ1n) is 13.6. The maximum absolute atomic E-state index is 12.5. The highest BCUT2D eigenvalue weighted by molar-refractivity contribution is 7.99. The third-order valence-electron chi connectivity index (χ3n) is 7.49. The molecule has 1 fully saturated rings. The number of methoxy groups -OCH3 is 1. The van der Waals surface area contributed by atoms with E-state index in [9.17, 15) is 28.2 Å². The number of piperidine rings is 1. The predicted octanol–water partition coefficient (Wildman–Crippen LogP) is 6.55. The van der Waals surface area contributed by atoms with Crippen molar-refractivity contribution in [3.05, 3.63) is 60.3 Å². The second kappa shape index (κ2) is 14.2. The minimum absolute atomic E-state index is 0.0217. The number of hydrogen-bond acceptors (Lipinski definition) is 7. The van der Waals surface area contributed by atoms with Crippen molar-refractivity contribution in [2.75, 3.05) is 32.5 Å². The molecular formula is C30H35F3N2O5S. The van der Waals surface area contributed by atoms with E-state index in [-0.39, 0.29) is 24.0 Å². The van der Waals surface area contributed by atoms with Crippen LogP contribution in [-0.2, 0) is 4.79 Å². The van der Waals surface area contributed by atoms with E-state index in [0.29, 0.717) is 30.0 Å². The standard InChI is InChI=1S/C30H35F3N2O5S/c1-39-22-7-8-27-26(18-22)25(10-12-34-27)28(36)9-6-20-11-14-35(19-21(20)16-29(37)38)13-3-15-41-24-5-2-4-23(17-24)40-30(31,32)33/h2,4-5,7-8,10,12,17-18,20-21,28,36H,3,6,9,11,13-16,19H2,1H3,(H,37,38)/t20-,21+,28?/m1/s1. The average Bonchev–Trinajstić information content (AvgIpc) is 2.93. The van der Waals surface area contributed by atoms with Crippen LogP contribution in [0.4, 0.5) is 13.2 Å². The van der Waals surface area contributed by atoms with Crippen molar-refractivity contribution in [3.63, 3.8) is 0 Å². The summed E-state index contributed by atoms with van der Waals surface area (Å²) < 4.78 is 46.8. The molecule has 1 unspecified atom stereocenters. The summed E-state index contributed by atoms with van der Waals surface area (Å²) in [6.45, 7) is 2.29. The Hall–Kier alpha value is -3.02. The van der Waals surface area contributed by atoms with Crippen LogP contribution in [0.25, 0.3) is 10.9 Å². The number of alkyl halides is 3. The quantitative estimate of drug-likeness (QED) is 0.171. The monoisotopic (exact) mass is 592 g/mol. The van der Waals surface area contributed by atoms with Crippen LogP contribution in [0.3, 0.4) is 0 Å². The number of carbonyl (C=O) groups is 1. The zero-order chi connectivity index (χ0) is 29.4. The van der Waals surface area contributed by atoms with Gasteiger partial charge in [-0.25, -0.2) is 0 Å². The summed E-state index contributed by atoms with van der Waals surface area (Å²) in [6.07, 6.45) is -0.763. The van der Waals surface area contributed by atoms with Gasteiger partial charge in [0.1, 0.15) is 11.5 Å². The molecule has 3 atom stereocenters. The molecule has 0 bridgehead atoms. The van der Waals surface area contributed by atoms with Crippen LogP contribution in [0.1, 0.15) is 43.8 Å². The normalized spacial score (nSPS) is 18.8. The number of fused-ring (bicyclic) bond motifs is 1. The lowest BCUT2D eigenvalue weighted by Crippen LogP contribution is -2.42. The first kappa shape index (κ1) is 30.9. The maximum Gasteiger partial charge on any atom is 0.573 e. The molecule has 1 aliphatic heterocycles. The zero-order valence-electron chi connectivity index (χ0n) is 22.8. The molecular weight excluding hydrogens is 557 g/mol. The lowest BCUT2D eigenvalue weighted by Gasteiger charge is -2.38. The van der Waals surface area contributed by atoms with Crippen molar-refractivity contribution in [1.29, 1.82) is 0 Å². The van der Waals surface area contributed by atoms with Gasteiger partial charge in [-0.15, -0.1) is 24.9 Å². The Morgan fingerprint density at radius 1 is 1.17 bits per heavy atom. The number of aliphatic hydroxyl groups excluding tert-OH is 1. The minimum Gasteiger partial charge on any atom is -0.497 e. The van der Waals surface area contributed by atoms with Crippen LogP contribution < -0.4 is 9.47 Å². The zero-order valence-corrected chi connectivity index (χ0v) is 23.7. The van der Waals surface area contributed by atoms with Gasteiger partial charge in [0.15, 0.2) is 0 Å². The molecule has 11 heteroatoms. The minimum atomic E-state index is -4.72. The Kier molecular flexibility index (Phi) is 10.7. The summed E-state index contributed by atoms with van der Waals surface area (Å²) in [7, 11) is 1.59. The molecule has 2 heterocycles. The van der Waals surface area contributed by atoms with Crippen LogP contribution >= 0.6 is 11.8 Å². The van der Waals surface area contributed by atoms with Crippen molar-refractivity contribution in [1.82, 2.24) is 9.88 Å². The molecule has 1 aromatic heterocycles. The maximum atomic E-state index is 12.5. The van der Waals surface area contributed by atoms with Gasteiger partial charge < -0.3 is 24.6 Å². The fraction of sp³-hybridized carbons (Fsp3) is 0.467. The molecule has 222 valence electrons. The van der Waals surface area contributed by atoms with Gasteiger partial charge in [-0.3, -0.25) is 9.78 Å². The highest BCUT2D eigenvalue weighted by atomic mass is 32.2. The summed E-state index contributed by atoms with van der Waals surface area (Å²) in [6, 6.07) is 13.3. The Morgan fingerprint density at radius 2 is 2.00 bits per heavy atom. The van der Waals surface area contributed by atoms with E-state index in [1.54, 1.807) is 19.4 Å². The number of aliphatic hydroxyl groups is 1. The van der Waals surface area contributed by atoms with Gasteiger partial charge >= 0.3 is 12.3 Å². The molecule has 0 spiro atoms. The number of thioether (sulfide) groups is 1. The highest BCUT2D eigenvalue weighted by Crippen LogP contribution is 2.35. The molecule has 0 saturated carbocycles. The number of aromatic nitrogens is 1. The lowest BCUT2D eigenvalue weighted by atomic mass is 9.79. The highest BCUT2D eigenvalue weighted by Gasteiger charge is 2.32. The van der Waals surface area contributed by atoms with E-state index in [1.165, 1.54) is 30.0 Å². The molecule has 3 aromatic rings. The number of benzene rings is 2. The molecule has 0 amide bonds. The second-order valence-corrected chi connectivity index (χ2v) is 11.5. The number of aliphatic carboxylic acids is 1. The van der Waals surface area contributed by atoms with Crippen molar-refractivity contribution in [3.8, 4) is 11.5 Å². The van der Waals surface area contributed by atoms with E-state index >= 15 is 0 Å². The van der Waals surface area contributed by atoms with Crippen molar-refractivity contribution in [2.45, 2.75) is 49.5 Å². The van der Waals surface area contributed by atoms with Crippen molar-refractivity contribution in [2.24, 2.45) is 11.8 Å². The topological polar surface area (TPSA) is 92.1 Å². The predicted molar refractivity (Wildman–Crippen MR) is 151 cm³/mol. The number of pyridine rings is 1. The van der Waals surface area contributed by atoms with E-state index in [4.69, 9.17) is 4.74 Å². The summed E-state index contributed by atoms with van der Waals surface area (Å²) in [4.78, 5) is 19.0. The third kappa shape index (κ3) is 9.24. The van der Waals surface area contributed by atoms with E-state index < -0.39 is 18.4 Å². The van der Waals surface area contributed by atoms with Crippen LogP contribution in [-0.4, -0.2) is 64.9 Å². The van der Waals surface area contributed by atoms with E-state index in [0.717, 1.165) is 48.2 Å². The van der Waals surface area contributed by atoms with E-state index in [1.807, 2.05) is 24.3 Å². The Balaban J connectivity index is 1.28. The van der Waals surface area contributed by atoms with Gasteiger partial charge in [-0.05, 0) is 104 Å². The first-order valence-corrected chi connectivity index (χ1v) is 14.6. The SMILES string of the molecule is COc1ccc2nccc(C(O)CC[C@@H]3CCN(CCCSc4cccc(OC(F)(F)F)c4)C[C@@H]3CC(=O)O)c2c1. The van der Waals surface area contributed by atoms with Gasteiger partial charge in [0.2, 0.25) is 0 Å². The number of halogens is 3. The number of likely N-dealkylation sites (tertiary alicyclic amines) is 1. The number of nitrogens with zero attached hydrogens (tertiary/aromatic N) is 2. The summed E-state index contributed by atoms with van der Waals surface area (Å²) >= 11 is 1.47. The second-order valence-electron chi connectivity index (χ2n) is 10.3. The number of rotatable bonds is 13. The molecule has 1 aliphatic rings. The van der Waals surface area contributed by atoms with Gasteiger partial charge in [0, 0.05) is 29.4 Å². The number of carboxylic acids is 1. The fourth-order valence-electron chi connectivity index (χ4n) is 5.53. The fourth-order valence-corrected chi connectivity index (χ4v) is 6.41. The molecule has 7 nitrogen and oxygen atoms in total. The van der Waals surface area contributed by atoms with Gasteiger partial charge in [-0.1, -0.05) is 6.07 Å². The van der Waals surface area contributed by atoms with Gasteiger partial charge in [-0.2, -0.15) is 0 Å². The molecule has 1 saturated heterocycles. The van der Waals surface area contributed by atoms with Crippen molar-refractivity contribution < 1.29 is 37.7 Å². The Labute approximate surface area is 241 Å². The number of ether oxygens (including phenoxy) is 2. The number of carboxylic acid groups (broad SMARTS) is 1. The summed E-state index contributed by atoms with van der Waals surface area (Å²) in [5, 5.41) is 21.5. The molecule has 0 radical (unpaired) electrons. The number of hydrogen-bond donors (Lipinski definition) is 2. The average molecular weight is 593 g/mol. The van der Waals surface area contributed by atoms with Crippen molar-refractivity contribution >= 4 is 28.6 Å². The van der Waals surface area contributed by atoms with Gasteiger partial charge in [0.05, 0.1) is 18.7 Å². The summed E-state index contributed by atoms with van der Waals surface area (Å²) in [5.41, 5.74) is 1.56. The van der Waals surface area contributed by atoms with Crippen LogP contribution in [0.15, 0.2) is 59.6 Å². The summed E-state index contributed by atoms with van der Waals surface area (Å²) in [5.74, 6) is 0.511. The van der Waals surface area contributed by atoms with Gasteiger partial charge in [0.25, 0.3) is 0 Å². The Bertz CT molecular complexity index is 1310. The molecule has 0 aliphatic carbocycles. The van der Waals surface area contributed by atoms with E-state index in [2.05, 4.69) is 14.6 Å².